The van der Waals surface area contributed by atoms with E-state index in [0.717, 1.165) is 37.2 Å². The standard InChI is InChI=1S/C20H25N5S/c1-16-17(15-25(24-16)18-8-3-2-4-9-18)7-5-12-22-20(21)23-13-11-19-10-6-14-26-19/h2-4,6,8-10,14-15H,5,7,11-13H2,1H3,(H3,21,22,23). The molecule has 1 aromatic carbocycles. The Kier molecular flexibility index (Phi) is 6.44. The molecule has 2 aromatic heterocycles. The Labute approximate surface area is 158 Å². The summed E-state index contributed by atoms with van der Waals surface area (Å²) in [4.78, 5) is 5.77. The maximum Gasteiger partial charge on any atom is 0.188 e. The van der Waals surface area contributed by atoms with Gasteiger partial charge in [0.25, 0.3) is 0 Å². The van der Waals surface area contributed by atoms with Gasteiger partial charge in [-0.3, -0.25) is 4.99 Å². The summed E-state index contributed by atoms with van der Waals surface area (Å²) in [6.45, 7) is 3.59. The minimum atomic E-state index is 0.526. The lowest BCUT2D eigenvalue weighted by molar-refractivity contribution is 0.807. The van der Waals surface area contributed by atoms with Crippen LogP contribution in [-0.2, 0) is 12.8 Å². The smallest absolute Gasteiger partial charge is 0.188 e. The molecule has 0 fully saturated rings. The summed E-state index contributed by atoms with van der Waals surface area (Å²) in [7, 11) is 0. The molecule has 136 valence electrons. The minimum absolute atomic E-state index is 0.526. The van der Waals surface area contributed by atoms with Crippen LogP contribution < -0.4 is 11.1 Å². The van der Waals surface area contributed by atoms with E-state index in [9.17, 15) is 0 Å². The van der Waals surface area contributed by atoms with Crippen molar-refractivity contribution in [2.75, 3.05) is 13.1 Å². The average molecular weight is 368 g/mol. The minimum Gasteiger partial charge on any atom is -0.370 e. The van der Waals surface area contributed by atoms with Gasteiger partial charge in [-0.1, -0.05) is 24.3 Å². The molecule has 0 saturated carbocycles. The van der Waals surface area contributed by atoms with E-state index in [4.69, 9.17) is 5.73 Å². The van der Waals surface area contributed by atoms with E-state index in [1.807, 2.05) is 22.9 Å². The van der Waals surface area contributed by atoms with Crippen LogP contribution in [0.15, 0.2) is 59.0 Å². The van der Waals surface area contributed by atoms with Gasteiger partial charge in [0.15, 0.2) is 5.96 Å². The van der Waals surface area contributed by atoms with Crippen molar-refractivity contribution in [2.45, 2.75) is 26.2 Å². The fraction of sp³-hybridized carbons (Fsp3) is 0.300. The van der Waals surface area contributed by atoms with E-state index in [1.165, 1.54) is 10.4 Å². The van der Waals surface area contributed by atoms with Gasteiger partial charge >= 0.3 is 0 Å². The molecule has 0 aliphatic rings. The molecule has 0 saturated heterocycles. The largest absolute Gasteiger partial charge is 0.370 e. The number of hydrogen-bond acceptors (Lipinski definition) is 3. The number of aliphatic imine (C=N–C) groups is 1. The van der Waals surface area contributed by atoms with Gasteiger partial charge < -0.3 is 11.1 Å². The maximum atomic E-state index is 5.93. The number of rotatable bonds is 8. The van der Waals surface area contributed by atoms with Crippen molar-refractivity contribution in [1.82, 2.24) is 15.1 Å². The Morgan fingerprint density at radius 2 is 2.04 bits per heavy atom. The predicted molar refractivity (Wildman–Crippen MR) is 109 cm³/mol. The summed E-state index contributed by atoms with van der Waals surface area (Å²) in [5.74, 6) is 0.526. The number of aryl methyl sites for hydroxylation is 2. The first-order valence-corrected chi connectivity index (χ1v) is 9.77. The van der Waals surface area contributed by atoms with Crippen molar-refractivity contribution in [3.05, 3.63) is 70.2 Å². The lowest BCUT2D eigenvalue weighted by Crippen LogP contribution is -2.33. The number of nitrogens with two attached hydrogens (primary N) is 1. The van der Waals surface area contributed by atoms with Crippen LogP contribution in [-0.4, -0.2) is 28.8 Å². The van der Waals surface area contributed by atoms with Crippen LogP contribution in [0.4, 0.5) is 0 Å². The van der Waals surface area contributed by atoms with E-state index in [1.54, 1.807) is 11.3 Å². The van der Waals surface area contributed by atoms with E-state index in [0.29, 0.717) is 12.5 Å². The first kappa shape index (κ1) is 18.2. The number of thiophene rings is 1. The number of nitrogens with zero attached hydrogens (tertiary/aromatic N) is 3. The number of hydrogen-bond donors (Lipinski definition) is 2. The molecule has 2 heterocycles. The van der Waals surface area contributed by atoms with Gasteiger partial charge in [0.2, 0.25) is 0 Å². The van der Waals surface area contributed by atoms with Gasteiger partial charge in [-0.05, 0) is 55.3 Å². The average Bonchev–Trinajstić information content (AvgIpc) is 3.29. The summed E-state index contributed by atoms with van der Waals surface area (Å²) >= 11 is 1.77. The molecule has 6 heteroatoms. The van der Waals surface area contributed by atoms with Crippen LogP contribution in [0.3, 0.4) is 0 Å². The van der Waals surface area contributed by atoms with Crippen LogP contribution in [0.5, 0.6) is 0 Å². The topological polar surface area (TPSA) is 68.2 Å². The van der Waals surface area contributed by atoms with E-state index < -0.39 is 0 Å². The van der Waals surface area contributed by atoms with Crippen molar-refractivity contribution >= 4 is 17.3 Å². The molecule has 0 aliphatic carbocycles. The molecule has 0 atom stereocenters. The Morgan fingerprint density at radius 3 is 2.81 bits per heavy atom. The molecule has 0 spiro atoms. The molecule has 3 aromatic rings. The summed E-state index contributed by atoms with van der Waals surface area (Å²) in [5.41, 5.74) is 9.34. The molecule has 0 unspecified atom stereocenters. The molecule has 5 nitrogen and oxygen atoms in total. The highest BCUT2D eigenvalue weighted by Gasteiger charge is 2.06. The highest BCUT2D eigenvalue weighted by Crippen LogP contribution is 2.13. The fourth-order valence-electron chi connectivity index (χ4n) is 2.75. The monoisotopic (exact) mass is 367 g/mol. The summed E-state index contributed by atoms with van der Waals surface area (Å²) in [6, 6.07) is 14.4. The van der Waals surface area contributed by atoms with Crippen LogP contribution in [0.1, 0.15) is 22.6 Å². The third-order valence-corrected chi connectivity index (χ3v) is 5.10. The Morgan fingerprint density at radius 1 is 1.19 bits per heavy atom. The van der Waals surface area contributed by atoms with E-state index >= 15 is 0 Å². The second kappa shape index (κ2) is 9.20. The Balaban J connectivity index is 1.42. The first-order chi connectivity index (χ1) is 12.7. The molecule has 0 aliphatic heterocycles. The number of para-hydroxylation sites is 1. The van der Waals surface area contributed by atoms with Crippen LogP contribution >= 0.6 is 11.3 Å². The Bertz CT molecular complexity index is 821. The number of nitrogens with one attached hydrogen (secondary N) is 1. The van der Waals surface area contributed by atoms with Gasteiger partial charge in [-0.15, -0.1) is 11.3 Å². The molecule has 0 bridgehead atoms. The highest BCUT2D eigenvalue weighted by molar-refractivity contribution is 7.09. The number of guanidine groups is 1. The number of benzene rings is 1. The van der Waals surface area contributed by atoms with Crippen molar-refractivity contribution in [2.24, 2.45) is 10.7 Å². The van der Waals surface area contributed by atoms with Gasteiger partial charge in [0, 0.05) is 24.2 Å². The quantitative estimate of drug-likeness (QED) is 0.365. The van der Waals surface area contributed by atoms with Crippen LogP contribution in [0.25, 0.3) is 5.69 Å². The molecular weight excluding hydrogens is 342 g/mol. The predicted octanol–water partition coefficient (Wildman–Crippen LogP) is 3.32. The zero-order chi connectivity index (χ0) is 18.2. The highest BCUT2D eigenvalue weighted by atomic mass is 32.1. The maximum absolute atomic E-state index is 5.93. The van der Waals surface area contributed by atoms with E-state index in [2.05, 4.69) is 58.2 Å². The van der Waals surface area contributed by atoms with Crippen molar-refractivity contribution < 1.29 is 0 Å². The van der Waals surface area contributed by atoms with Crippen molar-refractivity contribution in [3.63, 3.8) is 0 Å². The zero-order valence-electron chi connectivity index (χ0n) is 15.1. The summed E-state index contributed by atoms with van der Waals surface area (Å²) in [6.07, 6.45) is 4.99. The van der Waals surface area contributed by atoms with Gasteiger partial charge in [-0.25, -0.2) is 4.68 Å². The van der Waals surface area contributed by atoms with Crippen LogP contribution in [0.2, 0.25) is 0 Å². The first-order valence-electron chi connectivity index (χ1n) is 8.89. The molecule has 3 rings (SSSR count). The van der Waals surface area contributed by atoms with Gasteiger partial charge in [-0.2, -0.15) is 5.10 Å². The third kappa shape index (κ3) is 5.20. The summed E-state index contributed by atoms with van der Waals surface area (Å²) < 4.78 is 1.94. The SMILES string of the molecule is Cc1nn(-c2ccccc2)cc1CCCN=C(N)NCCc1cccs1. The van der Waals surface area contributed by atoms with Crippen molar-refractivity contribution in [3.8, 4) is 5.69 Å². The van der Waals surface area contributed by atoms with Gasteiger partial charge in [0.1, 0.15) is 0 Å². The Hall–Kier alpha value is -2.60. The molecule has 3 N–H and O–H groups in total. The second-order valence-corrected chi connectivity index (χ2v) is 7.18. The molecule has 0 amide bonds. The number of aromatic nitrogens is 2. The summed E-state index contributed by atoms with van der Waals surface area (Å²) in [5, 5.41) is 9.87. The van der Waals surface area contributed by atoms with Crippen LogP contribution in [0, 0.1) is 6.92 Å². The molecule has 26 heavy (non-hydrogen) atoms. The van der Waals surface area contributed by atoms with Crippen molar-refractivity contribution in [1.29, 1.82) is 0 Å². The zero-order valence-corrected chi connectivity index (χ0v) is 15.9. The second-order valence-electron chi connectivity index (χ2n) is 6.15. The fourth-order valence-corrected chi connectivity index (χ4v) is 3.46. The lowest BCUT2D eigenvalue weighted by Gasteiger charge is -2.04. The lowest BCUT2D eigenvalue weighted by atomic mass is 10.1. The van der Waals surface area contributed by atoms with Gasteiger partial charge in [0.05, 0.1) is 11.4 Å². The van der Waals surface area contributed by atoms with E-state index in [-0.39, 0.29) is 0 Å². The molecule has 0 radical (unpaired) electrons. The molecular formula is C20H25N5S. The normalized spacial score (nSPS) is 11.7. The third-order valence-electron chi connectivity index (χ3n) is 4.17.